The van der Waals surface area contributed by atoms with Crippen molar-refractivity contribution in [3.8, 4) is 5.75 Å². The number of guanidine groups is 1. The number of likely N-dealkylation sites (N-methyl/N-ethyl adjacent to an activating group) is 1. The molecular formula is C18H33IN4O2. The molecule has 1 atom stereocenters. The lowest BCUT2D eigenvalue weighted by Crippen LogP contribution is -2.40. The van der Waals surface area contributed by atoms with Crippen molar-refractivity contribution in [3.05, 3.63) is 29.8 Å². The molecular weight excluding hydrogens is 431 g/mol. The van der Waals surface area contributed by atoms with Crippen LogP contribution in [0.1, 0.15) is 26.3 Å². The van der Waals surface area contributed by atoms with E-state index in [4.69, 9.17) is 15.2 Å². The minimum atomic E-state index is 0. The molecule has 144 valence electrons. The molecule has 0 spiro atoms. The third kappa shape index (κ3) is 9.86. The topological polar surface area (TPSA) is 72.1 Å². The Hall–Kier alpha value is -1.06. The maximum atomic E-state index is 5.93. The van der Waals surface area contributed by atoms with E-state index in [1.807, 2.05) is 31.2 Å². The Labute approximate surface area is 169 Å². The molecule has 0 heterocycles. The second-order valence-corrected chi connectivity index (χ2v) is 5.69. The van der Waals surface area contributed by atoms with E-state index in [1.54, 1.807) is 7.11 Å². The number of para-hydroxylation sites is 1. The molecule has 0 aromatic heterocycles. The van der Waals surface area contributed by atoms with Gasteiger partial charge in [-0.3, -0.25) is 0 Å². The molecule has 7 heteroatoms. The summed E-state index contributed by atoms with van der Waals surface area (Å²) in [6.07, 6.45) is 0. The molecule has 0 aliphatic heterocycles. The lowest BCUT2D eigenvalue weighted by atomic mass is 10.2. The summed E-state index contributed by atoms with van der Waals surface area (Å²) in [6.45, 7) is 11.0. The van der Waals surface area contributed by atoms with Gasteiger partial charge in [-0.1, -0.05) is 32.0 Å². The molecule has 0 aliphatic carbocycles. The fourth-order valence-electron chi connectivity index (χ4n) is 2.36. The minimum absolute atomic E-state index is 0. The molecule has 0 bridgehead atoms. The van der Waals surface area contributed by atoms with Crippen LogP contribution in [0, 0.1) is 0 Å². The van der Waals surface area contributed by atoms with Gasteiger partial charge in [0.25, 0.3) is 0 Å². The first-order valence-electron chi connectivity index (χ1n) is 8.59. The van der Waals surface area contributed by atoms with Crippen molar-refractivity contribution in [2.45, 2.75) is 33.4 Å². The van der Waals surface area contributed by atoms with E-state index in [1.165, 1.54) is 0 Å². The zero-order valence-electron chi connectivity index (χ0n) is 15.8. The van der Waals surface area contributed by atoms with Crippen molar-refractivity contribution >= 4 is 29.9 Å². The van der Waals surface area contributed by atoms with Gasteiger partial charge in [-0.25, -0.2) is 4.99 Å². The first kappa shape index (κ1) is 23.9. The molecule has 1 aromatic rings. The molecule has 0 saturated heterocycles. The zero-order valence-corrected chi connectivity index (χ0v) is 18.2. The highest BCUT2D eigenvalue weighted by Crippen LogP contribution is 2.18. The van der Waals surface area contributed by atoms with Crippen molar-refractivity contribution in [1.29, 1.82) is 0 Å². The summed E-state index contributed by atoms with van der Waals surface area (Å²) in [7, 11) is 1.66. The summed E-state index contributed by atoms with van der Waals surface area (Å²) in [5, 5.41) is 3.10. The maximum absolute atomic E-state index is 5.93. The fourth-order valence-corrected chi connectivity index (χ4v) is 2.36. The Morgan fingerprint density at radius 2 is 1.96 bits per heavy atom. The SMILES string of the molecule is CCN(CC)CCOc1ccccc1CN=C(N)NC(C)COC.I. The largest absolute Gasteiger partial charge is 0.492 e. The Bertz CT molecular complexity index is 496. The van der Waals surface area contributed by atoms with Gasteiger partial charge < -0.3 is 25.4 Å². The monoisotopic (exact) mass is 464 g/mol. The molecule has 1 unspecified atom stereocenters. The van der Waals surface area contributed by atoms with Crippen molar-refractivity contribution in [3.63, 3.8) is 0 Å². The van der Waals surface area contributed by atoms with E-state index in [0.717, 1.165) is 30.9 Å². The van der Waals surface area contributed by atoms with Crippen LogP contribution in [-0.4, -0.2) is 56.9 Å². The molecule has 3 N–H and O–H groups in total. The quantitative estimate of drug-likeness (QED) is 0.299. The van der Waals surface area contributed by atoms with E-state index >= 15 is 0 Å². The molecule has 6 nitrogen and oxygen atoms in total. The Kier molecular flexibility index (Phi) is 13.5. The van der Waals surface area contributed by atoms with Gasteiger partial charge in [0, 0.05) is 25.3 Å². The average molecular weight is 464 g/mol. The van der Waals surface area contributed by atoms with Crippen molar-refractivity contribution in [2.75, 3.05) is 40.0 Å². The van der Waals surface area contributed by atoms with Crippen LogP contribution in [0.25, 0.3) is 0 Å². The van der Waals surface area contributed by atoms with Gasteiger partial charge in [-0.05, 0) is 26.1 Å². The van der Waals surface area contributed by atoms with Crippen LogP contribution < -0.4 is 15.8 Å². The van der Waals surface area contributed by atoms with Crippen LogP contribution in [0.4, 0.5) is 0 Å². The smallest absolute Gasteiger partial charge is 0.189 e. The summed E-state index contributed by atoms with van der Waals surface area (Å²) < 4.78 is 11.0. The lowest BCUT2D eigenvalue weighted by Gasteiger charge is -2.18. The molecule has 0 radical (unpaired) electrons. The highest BCUT2D eigenvalue weighted by molar-refractivity contribution is 14.0. The highest BCUT2D eigenvalue weighted by atomic mass is 127. The maximum Gasteiger partial charge on any atom is 0.189 e. The molecule has 0 fully saturated rings. The number of hydrogen-bond donors (Lipinski definition) is 2. The number of benzene rings is 1. The van der Waals surface area contributed by atoms with Gasteiger partial charge in [-0.15, -0.1) is 24.0 Å². The van der Waals surface area contributed by atoms with Gasteiger partial charge in [0.1, 0.15) is 12.4 Å². The van der Waals surface area contributed by atoms with Gasteiger partial charge in [0.05, 0.1) is 13.2 Å². The Morgan fingerprint density at radius 1 is 1.28 bits per heavy atom. The molecule has 25 heavy (non-hydrogen) atoms. The average Bonchev–Trinajstić information content (AvgIpc) is 2.58. The van der Waals surface area contributed by atoms with E-state index < -0.39 is 0 Å². The molecule has 0 amide bonds. The number of methoxy groups -OCH3 is 1. The first-order valence-corrected chi connectivity index (χ1v) is 8.59. The number of nitrogens with two attached hydrogens (primary N) is 1. The van der Waals surface area contributed by atoms with E-state index in [0.29, 0.717) is 25.7 Å². The van der Waals surface area contributed by atoms with Gasteiger partial charge >= 0.3 is 0 Å². The van der Waals surface area contributed by atoms with E-state index in [9.17, 15) is 0 Å². The summed E-state index contributed by atoms with van der Waals surface area (Å²) >= 11 is 0. The second-order valence-electron chi connectivity index (χ2n) is 5.69. The van der Waals surface area contributed by atoms with Gasteiger partial charge in [0.15, 0.2) is 5.96 Å². The number of ether oxygens (including phenoxy) is 2. The number of rotatable bonds is 11. The number of aliphatic imine (C=N–C) groups is 1. The Morgan fingerprint density at radius 3 is 2.60 bits per heavy atom. The van der Waals surface area contributed by atoms with Crippen LogP contribution in [0.15, 0.2) is 29.3 Å². The van der Waals surface area contributed by atoms with E-state index in [-0.39, 0.29) is 30.0 Å². The van der Waals surface area contributed by atoms with Crippen LogP contribution in [0.2, 0.25) is 0 Å². The normalized spacial score (nSPS) is 12.6. The summed E-state index contributed by atoms with van der Waals surface area (Å²) in [5.74, 6) is 1.28. The summed E-state index contributed by atoms with van der Waals surface area (Å²) in [4.78, 5) is 6.72. The fraction of sp³-hybridized carbons (Fsp3) is 0.611. The van der Waals surface area contributed by atoms with E-state index in [2.05, 4.69) is 29.1 Å². The minimum Gasteiger partial charge on any atom is -0.492 e. The predicted octanol–water partition coefficient (Wildman–Crippen LogP) is 2.46. The van der Waals surface area contributed by atoms with Crippen LogP contribution in [0.3, 0.4) is 0 Å². The third-order valence-corrected chi connectivity index (χ3v) is 3.76. The number of nitrogens with one attached hydrogen (secondary N) is 1. The second kappa shape index (κ2) is 14.1. The molecule has 1 rings (SSSR count). The third-order valence-electron chi connectivity index (χ3n) is 3.76. The van der Waals surface area contributed by atoms with Gasteiger partial charge in [0.2, 0.25) is 0 Å². The number of nitrogens with zero attached hydrogens (tertiary/aromatic N) is 2. The van der Waals surface area contributed by atoms with Crippen molar-refractivity contribution < 1.29 is 9.47 Å². The zero-order chi connectivity index (χ0) is 17.8. The van der Waals surface area contributed by atoms with Crippen molar-refractivity contribution in [1.82, 2.24) is 10.2 Å². The first-order chi connectivity index (χ1) is 11.6. The van der Waals surface area contributed by atoms with Crippen molar-refractivity contribution in [2.24, 2.45) is 10.7 Å². The Balaban J connectivity index is 0.00000576. The lowest BCUT2D eigenvalue weighted by molar-refractivity contribution is 0.179. The molecule has 0 aliphatic rings. The summed E-state index contributed by atoms with van der Waals surface area (Å²) in [6, 6.07) is 8.08. The number of halogens is 1. The van der Waals surface area contributed by atoms with Crippen LogP contribution >= 0.6 is 24.0 Å². The molecule has 1 aromatic carbocycles. The number of hydrogen-bond acceptors (Lipinski definition) is 4. The standard InChI is InChI=1S/C18H32N4O2.HI/c1-5-22(6-2)11-12-24-17-10-8-7-9-16(17)13-20-18(19)21-15(3)14-23-4;/h7-10,15H,5-6,11-14H2,1-4H3,(H3,19,20,21);1H. The summed E-state index contributed by atoms with van der Waals surface area (Å²) in [5.41, 5.74) is 6.94. The van der Waals surface area contributed by atoms with Crippen LogP contribution in [0.5, 0.6) is 5.75 Å². The molecule has 0 saturated carbocycles. The van der Waals surface area contributed by atoms with Crippen LogP contribution in [-0.2, 0) is 11.3 Å². The highest BCUT2D eigenvalue weighted by Gasteiger charge is 2.05. The predicted molar refractivity (Wildman–Crippen MR) is 115 cm³/mol. The van der Waals surface area contributed by atoms with Gasteiger partial charge in [-0.2, -0.15) is 0 Å².